The minimum absolute atomic E-state index is 0.329. The molecular formula is C25H26N6O2S2. The molecule has 2 aromatic heterocycles. The lowest BCUT2D eigenvalue weighted by Gasteiger charge is -2.20. The molecule has 10 heteroatoms. The van der Waals surface area contributed by atoms with Gasteiger partial charge in [-0.25, -0.2) is 9.78 Å². The zero-order chi connectivity index (χ0) is 24.6. The molecule has 0 fully saturated rings. The Kier molecular flexibility index (Phi) is 8.27. The van der Waals surface area contributed by atoms with Crippen molar-refractivity contribution in [1.29, 1.82) is 0 Å². The first-order chi connectivity index (χ1) is 17.1. The summed E-state index contributed by atoms with van der Waals surface area (Å²) in [5, 5.41) is 18.5. The van der Waals surface area contributed by atoms with E-state index in [9.17, 15) is 4.79 Å². The third kappa shape index (κ3) is 6.34. The van der Waals surface area contributed by atoms with Crippen molar-refractivity contribution >= 4 is 65.4 Å². The molecule has 4 aromatic rings. The Labute approximate surface area is 212 Å². The SMILES string of the molecule is CCCOC(=O)c1ccc(/N=N/c2cc3sc(/N=N/c4ccc(N(CC)CC)cc4)nc3s2)cc1. The van der Waals surface area contributed by atoms with E-state index in [1.165, 1.54) is 28.4 Å². The number of benzene rings is 2. The molecule has 0 saturated heterocycles. The smallest absolute Gasteiger partial charge is 0.338 e. The molecule has 0 bridgehead atoms. The summed E-state index contributed by atoms with van der Waals surface area (Å²) in [5.41, 5.74) is 3.12. The van der Waals surface area contributed by atoms with Gasteiger partial charge in [-0.2, -0.15) is 0 Å². The molecule has 0 saturated carbocycles. The van der Waals surface area contributed by atoms with Crippen LogP contribution in [0.5, 0.6) is 0 Å². The van der Waals surface area contributed by atoms with Gasteiger partial charge in [0.1, 0.15) is 9.83 Å². The summed E-state index contributed by atoms with van der Waals surface area (Å²) < 4.78 is 6.12. The van der Waals surface area contributed by atoms with E-state index in [4.69, 9.17) is 4.74 Å². The van der Waals surface area contributed by atoms with Crippen LogP contribution in [0.25, 0.3) is 9.53 Å². The molecule has 180 valence electrons. The van der Waals surface area contributed by atoms with Crippen molar-refractivity contribution in [3.63, 3.8) is 0 Å². The number of carbonyl (C=O) groups excluding carboxylic acids is 1. The van der Waals surface area contributed by atoms with Gasteiger partial charge in [-0.1, -0.05) is 29.6 Å². The van der Waals surface area contributed by atoms with Crippen molar-refractivity contribution in [3.8, 4) is 0 Å². The molecule has 0 aliphatic heterocycles. The van der Waals surface area contributed by atoms with Gasteiger partial charge in [0.25, 0.3) is 0 Å². The van der Waals surface area contributed by atoms with Crippen LogP contribution >= 0.6 is 22.7 Å². The Morgan fingerprint density at radius 2 is 1.54 bits per heavy atom. The molecule has 0 N–H and O–H groups in total. The predicted octanol–water partition coefficient (Wildman–Crippen LogP) is 8.60. The van der Waals surface area contributed by atoms with Gasteiger partial charge in [-0.3, -0.25) is 0 Å². The topological polar surface area (TPSA) is 91.9 Å². The number of nitrogens with zero attached hydrogens (tertiary/aromatic N) is 6. The van der Waals surface area contributed by atoms with Crippen LogP contribution < -0.4 is 4.90 Å². The molecule has 0 spiro atoms. The summed E-state index contributed by atoms with van der Waals surface area (Å²) in [7, 11) is 0. The number of aromatic nitrogens is 1. The average Bonchev–Trinajstić information content (AvgIpc) is 3.45. The van der Waals surface area contributed by atoms with Crippen LogP contribution in [-0.4, -0.2) is 30.6 Å². The van der Waals surface area contributed by atoms with Crippen LogP contribution in [-0.2, 0) is 4.74 Å². The van der Waals surface area contributed by atoms with Crippen molar-refractivity contribution in [3.05, 3.63) is 60.2 Å². The molecule has 35 heavy (non-hydrogen) atoms. The van der Waals surface area contributed by atoms with Gasteiger partial charge in [0, 0.05) is 18.8 Å². The van der Waals surface area contributed by atoms with Crippen molar-refractivity contribution in [2.45, 2.75) is 27.2 Å². The van der Waals surface area contributed by atoms with Gasteiger partial charge in [0.05, 0.1) is 28.2 Å². The number of ether oxygens (including phenoxy) is 1. The first-order valence-electron chi connectivity index (χ1n) is 11.5. The number of fused-ring (bicyclic) bond motifs is 1. The lowest BCUT2D eigenvalue weighted by atomic mass is 10.2. The Morgan fingerprint density at radius 1 is 0.886 bits per heavy atom. The van der Waals surface area contributed by atoms with E-state index >= 15 is 0 Å². The van der Waals surface area contributed by atoms with Crippen LogP contribution in [0.3, 0.4) is 0 Å². The van der Waals surface area contributed by atoms with Crippen molar-refractivity contribution in [2.24, 2.45) is 20.5 Å². The Hall–Kier alpha value is -3.50. The third-order valence-corrected chi connectivity index (χ3v) is 7.03. The quantitative estimate of drug-likeness (QED) is 0.159. The second-order valence-electron chi connectivity index (χ2n) is 7.52. The Morgan fingerprint density at radius 3 is 2.17 bits per heavy atom. The first kappa shape index (κ1) is 24.6. The molecule has 0 amide bonds. The van der Waals surface area contributed by atoms with Crippen LogP contribution in [0.4, 0.5) is 27.2 Å². The van der Waals surface area contributed by atoms with Crippen LogP contribution in [0.1, 0.15) is 37.6 Å². The fourth-order valence-electron chi connectivity index (χ4n) is 3.27. The standard InChI is InChI=1S/C25H26N6O2S2/c1-4-15-33-24(32)17-7-9-18(10-8-17)27-29-22-16-21-23(35-22)26-25(34-21)30-28-19-11-13-20(14-12-19)31(5-2)6-3/h7-14,16H,4-6,15H2,1-3H3/b29-27+,30-28+. The van der Waals surface area contributed by atoms with E-state index in [0.717, 1.165) is 39.7 Å². The van der Waals surface area contributed by atoms with Gasteiger partial charge in [0.15, 0.2) is 0 Å². The largest absolute Gasteiger partial charge is 0.462 e. The number of thiophene rings is 1. The van der Waals surface area contributed by atoms with Gasteiger partial charge in [-0.15, -0.1) is 20.5 Å². The number of esters is 1. The second-order valence-corrected chi connectivity index (χ2v) is 9.54. The summed E-state index contributed by atoms with van der Waals surface area (Å²) in [6, 6.07) is 16.9. The lowest BCUT2D eigenvalue weighted by molar-refractivity contribution is 0.0505. The second kappa shape index (κ2) is 11.8. The maximum absolute atomic E-state index is 11.9. The molecule has 0 unspecified atom stereocenters. The fraction of sp³-hybridized carbons (Fsp3) is 0.280. The van der Waals surface area contributed by atoms with Crippen molar-refractivity contribution in [1.82, 2.24) is 4.98 Å². The Balaban J connectivity index is 1.38. The number of hydrogen-bond acceptors (Lipinski definition) is 10. The normalized spacial score (nSPS) is 11.6. The molecule has 4 rings (SSSR count). The highest BCUT2D eigenvalue weighted by molar-refractivity contribution is 7.30. The predicted molar refractivity (Wildman–Crippen MR) is 143 cm³/mol. The molecule has 2 aromatic carbocycles. The summed E-state index contributed by atoms with van der Waals surface area (Å²) >= 11 is 2.91. The maximum atomic E-state index is 11.9. The number of thiazole rings is 1. The van der Waals surface area contributed by atoms with E-state index in [-0.39, 0.29) is 5.97 Å². The van der Waals surface area contributed by atoms with Crippen LogP contribution in [0.2, 0.25) is 0 Å². The number of hydrogen-bond donors (Lipinski definition) is 0. The van der Waals surface area contributed by atoms with E-state index in [1.54, 1.807) is 24.3 Å². The summed E-state index contributed by atoms with van der Waals surface area (Å²) in [6.45, 7) is 8.59. The van der Waals surface area contributed by atoms with Crippen molar-refractivity contribution in [2.75, 3.05) is 24.6 Å². The minimum atomic E-state index is -0.329. The first-order valence-corrected chi connectivity index (χ1v) is 13.1. The molecule has 0 aliphatic carbocycles. The van der Waals surface area contributed by atoms with Crippen molar-refractivity contribution < 1.29 is 9.53 Å². The minimum Gasteiger partial charge on any atom is -0.462 e. The number of carbonyl (C=O) groups is 1. The molecule has 0 radical (unpaired) electrons. The lowest BCUT2D eigenvalue weighted by Crippen LogP contribution is -2.21. The van der Waals surface area contributed by atoms with Crippen LogP contribution in [0, 0.1) is 0 Å². The highest BCUT2D eigenvalue weighted by atomic mass is 32.1. The average molecular weight is 507 g/mol. The molecule has 2 heterocycles. The van der Waals surface area contributed by atoms with E-state index < -0.39 is 0 Å². The Bertz CT molecular complexity index is 1290. The van der Waals surface area contributed by atoms with Gasteiger partial charge in [-0.05, 0) is 74.9 Å². The molecule has 0 atom stereocenters. The molecule has 8 nitrogen and oxygen atoms in total. The van der Waals surface area contributed by atoms with Crippen LogP contribution in [0.15, 0.2) is 75.1 Å². The molecular weight excluding hydrogens is 480 g/mol. The van der Waals surface area contributed by atoms with Gasteiger partial charge < -0.3 is 9.64 Å². The summed E-state index contributed by atoms with van der Waals surface area (Å²) in [4.78, 5) is 19.6. The monoisotopic (exact) mass is 506 g/mol. The fourth-order valence-corrected chi connectivity index (χ4v) is 5.12. The summed E-state index contributed by atoms with van der Waals surface area (Å²) in [5.74, 6) is -0.329. The summed E-state index contributed by atoms with van der Waals surface area (Å²) in [6.07, 6.45) is 0.792. The molecule has 0 aliphatic rings. The van der Waals surface area contributed by atoms with E-state index in [1.807, 2.05) is 25.1 Å². The highest BCUT2D eigenvalue weighted by Crippen LogP contribution is 2.39. The number of azo groups is 2. The van der Waals surface area contributed by atoms with E-state index in [0.29, 0.717) is 23.0 Å². The highest BCUT2D eigenvalue weighted by Gasteiger charge is 2.09. The van der Waals surface area contributed by atoms with E-state index in [2.05, 4.69) is 56.3 Å². The zero-order valence-corrected chi connectivity index (χ0v) is 21.5. The third-order valence-electron chi connectivity index (χ3n) is 5.10. The van der Waals surface area contributed by atoms with Gasteiger partial charge >= 0.3 is 5.97 Å². The van der Waals surface area contributed by atoms with Gasteiger partial charge in [0.2, 0.25) is 5.13 Å². The zero-order valence-electron chi connectivity index (χ0n) is 19.8. The number of anilines is 1. The number of rotatable bonds is 10. The maximum Gasteiger partial charge on any atom is 0.338 e.